The highest BCUT2D eigenvalue weighted by atomic mass is 32.2. The molecule has 1 aromatic rings. The van der Waals surface area contributed by atoms with Gasteiger partial charge in [0.05, 0.1) is 22.8 Å². The van der Waals surface area contributed by atoms with Crippen molar-refractivity contribution in [3.05, 3.63) is 47.3 Å². The third-order valence-corrected chi connectivity index (χ3v) is 6.24. The smallest absolute Gasteiger partial charge is 0.178 e. The second-order valence-corrected chi connectivity index (χ2v) is 7.53. The fourth-order valence-corrected chi connectivity index (χ4v) is 4.34. The lowest BCUT2D eigenvalue weighted by molar-refractivity contribution is 0.564. The number of aromatic nitrogens is 2. The van der Waals surface area contributed by atoms with Crippen LogP contribution in [0.2, 0.25) is 0 Å². The highest BCUT2D eigenvalue weighted by Gasteiger charge is 2.35. The van der Waals surface area contributed by atoms with Crippen molar-refractivity contribution in [2.45, 2.75) is 31.4 Å². The lowest BCUT2D eigenvalue weighted by Gasteiger charge is -2.22. The Hall–Kier alpha value is -1.99. The molecule has 0 saturated carbocycles. The second kappa shape index (κ2) is 6.41. The van der Waals surface area contributed by atoms with E-state index >= 15 is 0 Å². The first kappa shape index (κ1) is 16.4. The first-order valence-corrected chi connectivity index (χ1v) is 8.49. The fraction of sp³-hybridized carbons (Fsp3) is 0.333. The summed E-state index contributed by atoms with van der Waals surface area (Å²) in [6.07, 6.45) is 8.53. The van der Waals surface area contributed by atoms with Gasteiger partial charge in [-0.3, -0.25) is 4.98 Å². The van der Waals surface area contributed by atoms with Gasteiger partial charge in [-0.1, -0.05) is 25.7 Å². The number of fused-ring (bicyclic) bond motifs is 1. The molecule has 2 unspecified atom stereocenters. The van der Waals surface area contributed by atoms with Gasteiger partial charge in [-0.15, -0.1) is 0 Å². The summed E-state index contributed by atoms with van der Waals surface area (Å²) < 4.78 is 25.5. The zero-order valence-corrected chi connectivity index (χ0v) is 13.5. The number of hydrogen-bond acceptors (Lipinski definition) is 6. The second-order valence-electron chi connectivity index (χ2n) is 5.19. The van der Waals surface area contributed by atoms with Gasteiger partial charge in [-0.25, -0.2) is 19.2 Å². The van der Waals surface area contributed by atoms with Gasteiger partial charge in [0.25, 0.3) is 0 Å². The van der Waals surface area contributed by atoms with Crippen LogP contribution in [-0.2, 0) is 9.84 Å². The zero-order chi connectivity index (χ0) is 16.3. The highest BCUT2D eigenvalue weighted by molar-refractivity contribution is 7.95. The SMILES string of the molecule is C=CC=C(C)S(=O)(=O)C1CC=Cc2nc(NN)cnc2C1C. The molecule has 0 radical (unpaired) electrons. The molecule has 1 aliphatic rings. The van der Waals surface area contributed by atoms with Gasteiger partial charge >= 0.3 is 0 Å². The maximum absolute atomic E-state index is 12.7. The molecular formula is C15H20N4O2S. The molecule has 0 amide bonds. The van der Waals surface area contributed by atoms with Crippen LogP contribution in [0.15, 0.2) is 35.9 Å². The Kier molecular flexibility index (Phi) is 4.77. The van der Waals surface area contributed by atoms with Crippen LogP contribution >= 0.6 is 0 Å². The summed E-state index contributed by atoms with van der Waals surface area (Å²) in [5, 5.41) is -0.577. The molecule has 1 aliphatic carbocycles. The van der Waals surface area contributed by atoms with E-state index in [1.807, 2.05) is 13.0 Å². The average molecular weight is 320 g/mol. The van der Waals surface area contributed by atoms with Crippen LogP contribution < -0.4 is 11.3 Å². The van der Waals surface area contributed by atoms with Gasteiger partial charge in [0.15, 0.2) is 15.7 Å². The van der Waals surface area contributed by atoms with E-state index in [4.69, 9.17) is 5.84 Å². The fourth-order valence-electron chi connectivity index (χ4n) is 2.54. The number of sulfone groups is 1. The molecule has 2 atom stereocenters. The van der Waals surface area contributed by atoms with Crippen LogP contribution in [0.25, 0.3) is 6.08 Å². The lowest BCUT2D eigenvalue weighted by Crippen LogP contribution is -2.27. The molecule has 7 heteroatoms. The minimum absolute atomic E-state index is 0.275. The largest absolute Gasteiger partial charge is 0.307 e. The van der Waals surface area contributed by atoms with E-state index in [0.29, 0.717) is 28.5 Å². The van der Waals surface area contributed by atoms with E-state index in [1.165, 1.54) is 18.3 Å². The predicted molar refractivity (Wildman–Crippen MR) is 88.6 cm³/mol. The van der Waals surface area contributed by atoms with Crippen molar-refractivity contribution in [2.24, 2.45) is 5.84 Å². The summed E-state index contributed by atoms with van der Waals surface area (Å²) in [7, 11) is -3.42. The molecule has 0 saturated heterocycles. The number of anilines is 1. The van der Waals surface area contributed by atoms with Crippen molar-refractivity contribution in [1.82, 2.24) is 9.97 Å². The van der Waals surface area contributed by atoms with Crippen LogP contribution in [0.1, 0.15) is 37.6 Å². The van der Waals surface area contributed by atoms with Crippen LogP contribution in [0.4, 0.5) is 5.82 Å². The Morgan fingerprint density at radius 2 is 2.27 bits per heavy atom. The Balaban J connectivity index is 2.48. The zero-order valence-electron chi connectivity index (χ0n) is 12.7. The van der Waals surface area contributed by atoms with E-state index in [2.05, 4.69) is 22.0 Å². The van der Waals surface area contributed by atoms with Crippen molar-refractivity contribution >= 4 is 21.7 Å². The van der Waals surface area contributed by atoms with E-state index in [-0.39, 0.29) is 5.92 Å². The number of allylic oxidation sites excluding steroid dienone is 4. The molecule has 1 heterocycles. The first-order chi connectivity index (χ1) is 10.4. The average Bonchev–Trinajstić information content (AvgIpc) is 2.66. The Labute approximate surface area is 130 Å². The van der Waals surface area contributed by atoms with E-state index < -0.39 is 15.1 Å². The summed E-state index contributed by atoms with van der Waals surface area (Å²) in [5.41, 5.74) is 3.75. The molecule has 1 aromatic heterocycles. The third kappa shape index (κ3) is 2.95. The van der Waals surface area contributed by atoms with Crippen LogP contribution in [0.5, 0.6) is 0 Å². The lowest BCUT2D eigenvalue weighted by atomic mass is 10.0. The topological polar surface area (TPSA) is 98.0 Å². The standard InChI is InChI=1S/C15H20N4O2S/c1-4-6-10(2)22(20,21)13-8-5-7-12-15(11(13)3)17-9-14(18-12)19-16/h4-7,9,11,13H,1,8,16H2,2-3H3,(H,18,19). The first-order valence-electron chi connectivity index (χ1n) is 6.95. The minimum atomic E-state index is -3.42. The number of nitrogens with zero attached hydrogens (tertiary/aromatic N) is 2. The molecule has 3 N–H and O–H groups in total. The van der Waals surface area contributed by atoms with E-state index in [1.54, 1.807) is 13.0 Å². The maximum atomic E-state index is 12.7. The van der Waals surface area contributed by atoms with Crippen molar-refractivity contribution in [3.63, 3.8) is 0 Å². The highest BCUT2D eigenvalue weighted by Crippen LogP contribution is 2.34. The Morgan fingerprint density at radius 1 is 1.55 bits per heavy atom. The Morgan fingerprint density at radius 3 is 2.91 bits per heavy atom. The number of nitrogens with two attached hydrogens (primary N) is 1. The van der Waals surface area contributed by atoms with E-state index in [9.17, 15) is 8.42 Å². The molecular weight excluding hydrogens is 300 g/mol. The third-order valence-electron chi connectivity index (χ3n) is 3.81. The molecule has 0 fully saturated rings. The van der Waals surface area contributed by atoms with Crippen LogP contribution in [0.3, 0.4) is 0 Å². The molecule has 0 bridgehead atoms. The number of hydrazine groups is 1. The minimum Gasteiger partial charge on any atom is -0.307 e. The molecule has 2 rings (SSSR count). The molecule has 6 nitrogen and oxygen atoms in total. The quantitative estimate of drug-likeness (QED) is 0.501. The Bertz CT molecular complexity index is 738. The maximum Gasteiger partial charge on any atom is 0.178 e. The number of nitrogen functional groups attached to an aromatic ring is 1. The van der Waals surface area contributed by atoms with Gasteiger partial charge in [0, 0.05) is 10.8 Å². The summed E-state index contributed by atoms with van der Waals surface area (Å²) in [6, 6.07) is 0. The molecule has 0 aliphatic heterocycles. The van der Waals surface area contributed by atoms with Crippen LogP contribution in [-0.4, -0.2) is 23.6 Å². The van der Waals surface area contributed by atoms with Gasteiger partial charge < -0.3 is 5.43 Å². The molecule has 118 valence electrons. The number of nitrogens with one attached hydrogen (secondary N) is 1. The molecule has 0 aromatic carbocycles. The van der Waals surface area contributed by atoms with Gasteiger partial charge in [-0.2, -0.15) is 0 Å². The predicted octanol–water partition coefficient (Wildman–Crippen LogP) is 2.16. The van der Waals surface area contributed by atoms with Crippen molar-refractivity contribution in [1.29, 1.82) is 0 Å². The van der Waals surface area contributed by atoms with E-state index in [0.717, 1.165) is 0 Å². The van der Waals surface area contributed by atoms with Crippen LogP contribution in [0, 0.1) is 0 Å². The van der Waals surface area contributed by atoms with Crippen molar-refractivity contribution in [3.8, 4) is 0 Å². The number of rotatable bonds is 4. The summed E-state index contributed by atoms with van der Waals surface area (Å²) in [5.74, 6) is 5.51. The van der Waals surface area contributed by atoms with Gasteiger partial charge in [0.2, 0.25) is 0 Å². The van der Waals surface area contributed by atoms with Gasteiger partial charge in [-0.05, 0) is 25.5 Å². The summed E-state index contributed by atoms with van der Waals surface area (Å²) in [6.45, 7) is 7.01. The molecule has 0 spiro atoms. The summed E-state index contributed by atoms with van der Waals surface area (Å²) >= 11 is 0. The normalized spacial score (nSPS) is 21.9. The van der Waals surface area contributed by atoms with Crippen molar-refractivity contribution in [2.75, 3.05) is 5.43 Å². The summed E-state index contributed by atoms with van der Waals surface area (Å²) in [4.78, 5) is 8.98. The van der Waals surface area contributed by atoms with Gasteiger partial charge in [0.1, 0.15) is 0 Å². The molecule has 22 heavy (non-hydrogen) atoms. The van der Waals surface area contributed by atoms with Crippen molar-refractivity contribution < 1.29 is 8.42 Å². The monoisotopic (exact) mass is 320 g/mol. The number of hydrogen-bond donors (Lipinski definition) is 2.